The maximum atomic E-state index is 9.72. The summed E-state index contributed by atoms with van der Waals surface area (Å²) in [6.07, 6.45) is 2.28. The number of carboxylic acid groups (broad SMARTS) is 1. The monoisotopic (exact) mass is 335 g/mol. The van der Waals surface area contributed by atoms with E-state index >= 15 is 0 Å². The lowest BCUT2D eigenvalue weighted by molar-refractivity contribution is -0.136. The fraction of sp³-hybridized carbons (Fsp3) is 0.389. The second-order valence-electron chi connectivity index (χ2n) is 5.00. The first kappa shape index (κ1) is 19.2. The summed E-state index contributed by atoms with van der Waals surface area (Å²) in [5, 5.41) is 12.8. The van der Waals surface area contributed by atoms with Crippen molar-refractivity contribution in [2.45, 2.75) is 26.2 Å². The van der Waals surface area contributed by atoms with E-state index < -0.39 is 5.97 Å². The predicted molar refractivity (Wildman–Crippen MR) is 95.5 cm³/mol. The van der Waals surface area contributed by atoms with Crippen LogP contribution in [0, 0.1) is 0 Å². The Kier molecular flexibility index (Phi) is 9.75. The number of carbonyl (C=O) groups is 1. The molecule has 0 atom stereocenters. The number of aliphatic carboxylic acids is 1. The Bertz CT molecular complexity index is 538. The lowest BCUT2D eigenvalue weighted by Crippen LogP contribution is -2.11. The average Bonchev–Trinajstić information content (AvgIpc) is 3.06. The third kappa shape index (κ3) is 9.01. The zero-order valence-electron chi connectivity index (χ0n) is 13.7. The Morgan fingerprint density at radius 3 is 2.48 bits per heavy atom. The lowest BCUT2D eigenvalue weighted by Gasteiger charge is -2.05. The molecule has 0 saturated carbocycles. The molecule has 126 valence electrons. The summed E-state index contributed by atoms with van der Waals surface area (Å²) in [6.45, 7) is 3.46. The molecule has 5 heteroatoms. The maximum absolute atomic E-state index is 9.72. The van der Waals surface area contributed by atoms with Crippen molar-refractivity contribution in [3.8, 4) is 5.75 Å². The van der Waals surface area contributed by atoms with Crippen LogP contribution < -0.4 is 10.1 Å². The van der Waals surface area contributed by atoms with Crippen LogP contribution in [0.1, 0.15) is 30.2 Å². The van der Waals surface area contributed by atoms with Gasteiger partial charge in [0.2, 0.25) is 0 Å². The van der Waals surface area contributed by atoms with E-state index in [2.05, 4.69) is 54.0 Å². The summed E-state index contributed by atoms with van der Waals surface area (Å²) >= 11 is 1.80. The minimum absolute atomic E-state index is 0.205. The number of thiophene rings is 1. The van der Waals surface area contributed by atoms with Crippen LogP contribution in [0.3, 0.4) is 0 Å². The highest BCUT2D eigenvalue weighted by molar-refractivity contribution is 7.09. The number of carboxylic acids is 1. The Hall–Kier alpha value is -1.85. The zero-order chi connectivity index (χ0) is 16.9. The van der Waals surface area contributed by atoms with Crippen molar-refractivity contribution in [3.05, 3.63) is 52.2 Å². The van der Waals surface area contributed by atoms with E-state index in [0.717, 1.165) is 25.2 Å². The van der Waals surface area contributed by atoms with Crippen molar-refractivity contribution in [2.75, 3.05) is 20.2 Å². The number of nitrogens with one attached hydrogen (secondary N) is 1. The van der Waals surface area contributed by atoms with Crippen molar-refractivity contribution < 1.29 is 14.6 Å². The molecule has 0 spiro atoms. The molecule has 0 fully saturated rings. The van der Waals surface area contributed by atoms with Gasteiger partial charge in [0.1, 0.15) is 5.75 Å². The molecule has 1 aromatic carbocycles. The van der Waals surface area contributed by atoms with Gasteiger partial charge in [0, 0.05) is 17.8 Å². The minimum Gasteiger partial charge on any atom is -0.494 e. The number of ether oxygens (including phenoxy) is 1. The van der Waals surface area contributed by atoms with Crippen LogP contribution >= 0.6 is 11.3 Å². The number of hydrogen-bond acceptors (Lipinski definition) is 4. The molecular weight excluding hydrogens is 310 g/mol. The molecule has 0 aliphatic rings. The van der Waals surface area contributed by atoms with Gasteiger partial charge in [-0.15, -0.1) is 11.3 Å². The fourth-order valence-corrected chi connectivity index (χ4v) is 2.51. The smallest absolute Gasteiger partial charge is 0.304 e. The van der Waals surface area contributed by atoms with Gasteiger partial charge < -0.3 is 15.2 Å². The van der Waals surface area contributed by atoms with Gasteiger partial charge in [-0.3, -0.25) is 4.79 Å². The van der Waals surface area contributed by atoms with Crippen LogP contribution in [0.5, 0.6) is 5.75 Å². The zero-order valence-corrected chi connectivity index (χ0v) is 14.6. The van der Waals surface area contributed by atoms with E-state index in [0.29, 0.717) is 6.54 Å². The summed E-state index contributed by atoms with van der Waals surface area (Å²) in [6, 6.07) is 12.7. The molecule has 0 unspecified atom stereocenters. The lowest BCUT2D eigenvalue weighted by atomic mass is 10.1. The normalized spacial score (nSPS) is 9.83. The van der Waals surface area contributed by atoms with Gasteiger partial charge in [0.15, 0.2) is 0 Å². The van der Waals surface area contributed by atoms with Gasteiger partial charge in [-0.05, 0) is 42.6 Å². The topological polar surface area (TPSA) is 58.6 Å². The van der Waals surface area contributed by atoms with E-state index in [4.69, 9.17) is 9.84 Å². The fourth-order valence-electron chi connectivity index (χ4n) is 1.77. The van der Waals surface area contributed by atoms with Crippen LogP contribution in [-0.2, 0) is 11.2 Å². The van der Waals surface area contributed by atoms with Crippen molar-refractivity contribution in [3.63, 3.8) is 0 Å². The van der Waals surface area contributed by atoms with Gasteiger partial charge in [-0.1, -0.05) is 25.1 Å². The maximum Gasteiger partial charge on any atom is 0.304 e. The van der Waals surface area contributed by atoms with Crippen LogP contribution in [0.2, 0.25) is 0 Å². The minimum atomic E-state index is -0.755. The molecule has 0 aliphatic carbocycles. The molecule has 0 radical (unpaired) electrons. The first-order valence-corrected chi connectivity index (χ1v) is 8.64. The molecule has 0 bridgehead atoms. The Morgan fingerprint density at radius 2 is 2.00 bits per heavy atom. The number of hydrogen-bond donors (Lipinski definition) is 2. The van der Waals surface area contributed by atoms with Crippen LogP contribution in [-0.4, -0.2) is 31.3 Å². The highest BCUT2D eigenvalue weighted by atomic mass is 32.1. The molecule has 0 saturated heterocycles. The Balaban J connectivity index is 0.000000322. The van der Waals surface area contributed by atoms with Crippen LogP contribution in [0.25, 0.3) is 0 Å². The molecular formula is C18H25NO3S. The van der Waals surface area contributed by atoms with E-state index in [1.54, 1.807) is 18.4 Å². The van der Waals surface area contributed by atoms with Crippen molar-refractivity contribution >= 4 is 17.3 Å². The Labute approximate surface area is 142 Å². The predicted octanol–water partition coefficient (Wildman–Crippen LogP) is 3.81. The molecule has 2 N–H and O–H groups in total. The first-order valence-electron chi connectivity index (χ1n) is 7.76. The number of benzene rings is 1. The number of rotatable bonds is 8. The molecule has 2 aromatic rings. The van der Waals surface area contributed by atoms with Crippen LogP contribution in [0.15, 0.2) is 41.8 Å². The molecule has 1 aromatic heterocycles. The summed E-state index contributed by atoms with van der Waals surface area (Å²) in [5.74, 6) is 0.214. The Morgan fingerprint density at radius 1 is 1.26 bits per heavy atom. The highest BCUT2D eigenvalue weighted by Crippen LogP contribution is 2.17. The second-order valence-corrected chi connectivity index (χ2v) is 6.03. The van der Waals surface area contributed by atoms with Gasteiger partial charge in [0.25, 0.3) is 0 Å². The quantitative estimate of drug-likeness (QED) is 0.770. The highest BCUT2D eigenvalue weighted by Gasteiger charge is 1.98. The SMILES string of the molecule is CCCOc1ccc(Cc2cccs2)cc1.CNCCC(=O)O. The molecule has 1 heterocycles. The first-order chi connectivity index (χ1) is 11.2. The van der Waals surface area contributed by atoms with Crippen molar-refractivity contribution in [1.82, 2.24) is 5.32 Å². The van der Waals surface area contributed by atoms with E-state index in [9.17, 15) is 4.79 Å². The summed E-state index contributed by atoms with van der Waals surface area (Å²) < 4.78 is 5.55. The van der Waals surface area contributed by atoms with Crippen molar-refractivity contribution in [1.29, 1.82) is 0 Å². The van der Waals surface area contributed by atoms with E-state index in [-0.39, 0.29) is 6.42 Å². The van der Waals surface area contributed by atoms with Gasteiger partial charge in [0.05, 0.1) is 13.0 Å². The van der Waals surface area contributed by atoms with Gasteiger partial charge in [-0.25, -0.2) is 0 Å². The van der Waals surface area contributed by atoms with Crippen LogP contribution in [0.4, 0.5) is 0 Å². The van der Waals surface area contributed by atoms with E-state index in [1.165, 1.54) is 10.4 Å². The summed E-state index contributed by atoms with van der Waals surface area (Å²) in [7, 11) is 1.73. The summed E-state index contributed by atoms with van der Waals surface area (Å²) in [4.78, 5) is 11.1. The van der Waals surface area contributed by atoms with Crippen molar-refractivity contribution in [2.24, 2.45) is 0 Å². The standard InChI is InChI=1S/C14H16OS.C4H9NO2/c1-2-9-15-13-7-5-12(6-8-13)11-14-4-3-10-16-14;1-5-3-2-4(6)7/h3-8,10H,2,9,11H2,1H3;5H,2-3H2,1H3,(H,6,7). The largest absolute Gasteiger partial charge is 0.494 e. The van der Waals surface area contributed by atoms with Gasteiger partial charge >= 0.3 is 5.97 Å². The molecule has 4 nitrogen and oxygen atoms in total. The third-order valence-corrected chi connectivity index (χ3v) is 3.82. The average molecular weight is 335 g/mol. The molecule has 2 rings (SSSR count). The molecule has 23 heavy (non-hydrogen) atoms. The second kappa shape index (κ2) is 11.7. The third-order valence-electron chi connectivity index (χ3n) is 2.94. The summed E-state index contributed by atoms with van der Waals surface area (Å²) in [5.41, 5.74) is 1.34. The van der Waals surface area contributed by atoms with Gasteiger partial charge in [-0.2, -0.15) is 0 Å². The van der Waals surface area contributed by atoms with E-state index in [1.807, 2.05) is 0 Å². The molecule has 0 aliphatic heterocycles. The molecule has 0 amide bonds.